The highest BCUT2D eigenvalue weighted by Gasteiger charge is 2.02. The molecule has 0 aliphatic heterocycles. The monoisotopic (exact) mass is 243 g/mol. The zero-order valence-corrected chi connectivity index (χ0v) is 10.4. The third kappa shape index (κ3) is 4.67. The maximum atomic E-state index is 5.61. The molecule has 16 heavy (non-hydrogen) atoms. The molecule has 1 aromatic heterocycles. The Kier molecular flexibility index (Phi) is 5.95. The molecular weight excluding hydrogens is 226 g/mol. The molecule has 90 valence electrons. The summed E-state index contributed by atoms with van der Waals surface area (Å²) in [6.07, 6.45) is 2.90. The van der Waals surface area contributed by atoms with Crippen LogP contribution in [-0.2, 0) is 4.74 Å². The van der Waals surface area contributed by atoms with Crippen LogP contribution in [0.4, 0.5) is 5.82 Å². The fourth-order valence-corrected chi connectivity index (χ4v) is 1.42. The predicted octanol–water partition coefficient (Wildman–Crippen LogP) is 1.59. The summed E-state index contributed by atoms with van der Waals surface area (Å²) in [4.78, 5) is 8.19. The number of anilines is 1. The molecule has 0 amide bonds. The van der Waals surface area contributed by atoms with E-state index in [1.165, 1.54) is 11.8 Å². The number of hydrogen-bond donors (Lipinski definition) is 1. The van der Waals surface area contributed by atoms with Crippen LogP contribution in [0.3, 0.4) is 0 Å². The van der Waals surface area contributed by atoms with Gasteiger partial charge in [0.05, 0.1) is 6.61 Å². The first-order valence-corrected chi connectivity index (χ1v) is 6.37. The lowest BCUT2D eigenvalue weighted by Gasteiger charge is -2.07. The Morgan fingerprint density at radius 2 is 2.12 bits per heavy atom. The Bertz CT molecular complexity index is 323. The van der Waals surface area contributed by atoms with Crippen molar-refractivity contribution in [3.63, 3.8) is 0 Å². The molecule has 1 rings (SSSR count). The van der Waals surface area contributed by atoms with Crippen molar-refractivity contribution in [3.05, 3.63) is 6.07 Å². The van der Waals surface area contributed by atoms with Gasteiger partial charge in [-0.25, -0.2) is 4.98 Å². The van der Waals surface area contributed by atoms with Gasteiger partial charge in [-0.2, -0.15) is 4.98 Å². The Labute approximate surface area is 99.8 Å². The first-order chi connectivity index (χ1) is 7.76. The van der Waals surface area contributed by atoms with Crippen LogP contribution in [-0.4, -0.2) is 36.0 Å². The normalized spacial score (nSPS) is 10.4. The molecule has 0 aliphatic rings. The van der Waals surface area contributed by atoms with Gasteiger partial charge in [-0.15, -0.1) is 0 Å². The van der Waals surface area contributed by atoms with Crippen molar-refractivity contribution in [2.75, 3.05) is 31.8 Å². The molecule has 1 heterocycles. The largest absolute Gasteiger partial charge is 0.475 e. The van der Waals surface area contributed by atoms with Gasteiger partial charge in [0.15, 0.2) is 5.16 Å². The molecule has 5 nitrogen and oxygen atoms in total. The summed E-state index contributed by atoms with van der Waals surface area (Å²) in [6.45, 7) is 3.86. The summed E-state index contributed by atoms with van der Waals surface area (Å²) in [5.41, 5.74) is 5.61. The van der Waals surface area contributed by atoms with E-state index in [-0.39, 0.29) is 0 Å². The second-order valence-corrected chi connectivity index (χ2v) is 3.85. The minimum absolute atomic E-state index is 0.420. The maximum absolute atomic E-state index is 5.61. The molecule has 0 bridgehead atoms. The maximum Gasteiger partial charge on any atom is 0.219 e. The lowest BCUT2D eigenvalue weighted by atomic mass is 10.5. The van der Waals surface area contributed by atoms with Crippen LogP contribution in [0.2, 0.25) is 0 Å². The van der Waals surface area contributed by atoms with Crippen molar-refractivity contribution in [1.82, 2.24) is 9.97 Å². The lowest BCUT2D eigenvalue weighted by molar-refractivity contribution is 0.0987. The fourth-order valence-electron chi connectivity index (χ4n) is 1.04. The third-order valence-electron chi connectivity index (χ3n) is 1.71. The Morgan fingerprint density at radius 3 is 2.81 bits per heavy atom. The molecule has 0 saturated carbocycles. The van der Waals surface area contributed by atoms with Gasteiger partial charge in [0.2, 0.25) is 5.88 Å². The second-order valence-electron chi connectivity index (χ2n) is 3.08. The number of ether oxygens (including phenoxy) is 2. The van der Waals surface area contributed by atoms with Crippen LogP contribution in [0.25, 0.3) is 0 Å². The number of rotatable bonds is 7. The van der Waals surface area contributed by atoms with E-state index >= 15 is 0 Å². The van der Waals surface area contributed by atoms with Gasteiger partial charge in [-0.05, 0) is 12.7 Å². The van der Waals surface area contributed by atoms with Crippen molar-refractivity contribution in [3.8, 4) is 5.88 Å². The standard InChI is InChI=1S/C10H17N3O2S/c1-3-4-14-5-6-15-9-7-8(11)12-10(13-9)16-2/h7H,3-6H2,1-2H3,(H2,11,12,13). The van der Waals surface area contributed by atoms with E-state index < -0.39 is 0 Å². The van der Waals surface area contributed by atoms with Crippen LogP contribution in [0.1, 0.15) is 13.3 Å². The highest BCUT2D eigenvalue weighted by Crippen LogP contribution is 2.16. The number of nitrogen functional groups attached to an aromatic ring is 1. The summed E-state index contributed by atoms with van der Waals surface area (Å²) in [7, 11) is 0. The number of aromatic nitrogens is 2. The Balaban J connectivity index is 2.38. The Hall–Kier alpha value is -1.01. The van der Waals surface area contributed by atoms with Crippen molar-refractivity contribution in [1.29, 1.82) is 0 Å². The van der Waals surface area contributed by atoms with Crippen LogP contribution >= 0.6 is 11.8 Å². The van der Waals surface area contributed by atoms with Crippen molar-refractivity contribution >= 4 is 17.6 Å². The molecule has 0 unspecified atom stereocenters. The fraction of sp³-hybridized carbons (Fsp3) is 0.600. The van der Waals surface area contributed by atoms with Gasteiger partial charge in [0.25, 0.3) is 0 Å². The smallest absolute Gasteiger partial charge is 0.219 e. The SMILES string of the molecule is CCCOCCOc1cc(N)nc(SC)n1. The number of thioether (sulfide) groups is 1. The molecule has 2 N–H and O–H groups in total. The molecule has 0 aromatic carbocycles. The first-order valence-electron chi connectivity index (χ1n) is 5.15. The average Bonchev–Trinajstić information content (AvgIpc) is 2.28. The second kappa shape index (κ2) is 7.29. The van der Waals surface area contributed by atoms with Gasteiger partial charge in [-0.1, -0.05) is 18.7 Å². The molecule has 0 atom stereocenters. The minimum Gasteiger partial charge on any atom is -0.475 e. The molecular formula is C10H17N3O2S. The van der Waals surface area contributed by atoms with E-state index in [0.717, 1.165) is 13.0 Å². The highest BCUT2D eigenvalue weighted by molar-refractivity contribution is 7.98. The number of nitrogens with two attached hydrogens (primary N) is 1. The van der Waals surface area contributed by atoms with Crippen molar-refractivity contribution in [2.24, 2.45) is 0 Å². The van der Waals surface area contributed by atoms with Crippen LogP contribution in [0, 0.1) is 0 Å². The van der Waals surface area contributed by atoms with Gasteiger partial charge in [-0.3, -0.25) is 0 Å². The summed E-state index contributed by atoms with van der Waals surface area (Å²) in [5, 5.41) is 0.615. The number of hydrogen-bond acceptors (Lipinski definition) is 6. The van der Waals surface area contributed by atoms with Gasteiger partial charge >= 0.3 is 0 Å². The quantitative estimate of drug-likeness (QED) is 0.445. The van der Waals surface area contributed by atoms with Gasteiger partial charge < -0.3 is 15.2 Å². The van der Waals surface area contributed by atoms with E-state index in [2.05, 4.69) is 16.9 Å². The first kappa shape index (κ1) is 13.1. The molecule has 6 heteroatoms. The molecule has 1 aromatic rings. The van der Waals surface area contributed by atoms with Crippen LogP contribution in [0.15, 0.2) is 11.2 Å². The lowest BCUT2D eigenvalue weighted by Crippen LogP contribution is -2.09. The van der Waals surface area contributed by atoms with Crippen LogP contribution in [0.5, 0.6) is 5.88 Å². The van der Waals surface area contributed by atoms with E-state index in [1.54, 1.807) is 6.07 Å². The third-order valence-corrected chi connectivity index (χ3v) is 2.26. The topological polar surface area (TPSA) is 70.3 Å². The summed E-state index contributed by atoms with van der Waals surface area (Å²) >= 11 is 1.43. The Morgan fingerprint density at radius 1 is 1.31 bits per heavy atom. The van der Waals surface area contributed by atoms with Crippen molar-refractivity contribution in [2.45, 2.75) is 18.5 Å². The molecule has 0 radical (unpaired) electrons. The van der Waals surface area contributed by atoms with Gasteiger partial charge in [0, 0.05) is 12.7 Å². The van der Waals surface area contributed by atoms with E-state index in [4.69, 9.17) is 15.2 Å². The minimum atomic E-state index is 0.420. The molecule has 0 saturated heterocycles. The van der Waals surface area contributed by atoms with E-state index in [0.29, 0.717) is 30.1 Å². The predicted molar refractivity (Wildman–Crippen MR) is 64.8 cm³/mol. The van der Waals surface area contributed by atoms with Gasteiger partial charge in [0.1, 0.15) is 12.4 Å². The summed E-state index contributed by atoms with van der Waals surface area (Å²) in [5.74, 6) is 0.917. The zero-order valence-electron chi connectivity index (χ0n) is 9.60. The molecule has 0 spiro atoms. The number of nitrogens with zero attached hydrogens (tertiary/aromatic N) is 2. The summed E-state index contributed by atoms with van der Waals surface area (Å²) < 4.78 is 10.7. The summed E-state index contributed by atoms with van der Waals surface area (Å²) in [6, 6.07) is 1.61. The average molecular weight is 243 g/mol. The van der Waals surface area contributed by atoms with Crippen LogP contribution < -0.4 is 10.5 Å². The van der Waals surface area contributed by atoms with E-state index in [9.17, 15) is 0 Å². The van der Waals surface area contributed by atoms with Crippen molar-refractivity contribution < 1.29 is 9.47 Å². The van der Waals surface area contributed by atoms with E-state index in [1.807, 2.05) is 6.26 Å². The highest BCUT2D eigenvalue weighted by atomic mass is 32.2. The molecule has 0 fully saturated rings. The zero-order chi connectivity index (χ0) is 11.8. The molecule has 0 aliphatic carbocycles.